The number of carboxylic acids is 1. The first-order valence-corrected chi connectivity index (χ1v) is 6.96. The van der Waals surface area contributed by atoms with Crippen molar-refractivity contribution < 1.29 is 33.8 Å². The van der Waals surface area contributed by atoms with Crippen LogP contribution in [0.25, 0.3) is 0 Å². The number of carbonyl (C=O) groups is 4. The van der Waals surface area contributed by atoms with Crippen molar-refractivity contribution in [1.29, 1.82) is 0 Å². The Hall–Kier alpha value is -2.38. The van der Waals surface area contributed by atoms with Gasteiger partial charge < -0.3 is 19.9 Å². The minimum atomic E-state index is -1.78. The first-order valence-electron chi connectivity index (χ1n) is 6.96. The summed E-state index contributed by atoms with van der Waals surface area (Å²) in [6.45, 7) is 2.85. The number of amides is 1. The molecular formula is C14H15NO7. The van der Waals surface area contributed by atoms with E-state index >= 15 is 0 Å². The van der Waals surface area contributed by atoms with Gasteiger partial charge >= 0.3 is 17.9 Å². The van der Waals surface area contributed by atoms with Gasteiger partial charge in [0.25, 0.3) is 0 Å². The van der Waals surface area contributed by atoms with Gasteiger partial charge in [0.05, 0.1) is 5.92 Å². The summed E-state index contributed by atoms with van der Waals surface area (Å²) in [7, 11) is 0. The van der Waals surface area contributed by atoms with Gasteiger partial charge in [0, 0.05) is 11.8 Å². The minimum absolute atomic E-state index is 0.211. The molecule has 1 heterocycles. The van der Waals surface area contributed by atoms with Crippen LogP contribution in [0.15, 0.2) is 12.7 Å². The fourth-order valence-corrected chi connectivity index (χ4v) is 3.92. The van der Waals surface area contributed by atoms with Gasteiger partial charge in [-0.2, -0.15) is 0 Å². The number of rotatable bonds is 5. The predicted octanol–water partition coefficient (Wildman–Crippen LogP) is -0.763. The van der Waals surface area contributed by atoms with E-state index in [9.17, 15) is 24.3 Å². The molecule has 3 fully saturated rings. The third-order valence-electron chi connectivity index (χ3n) is 4.76. The van der Waals surface area contributed by atoms with Crippen LogP contribution in [0.4, 0.5) is 0 Å². The highest BCUT2D eigenvalue weighted by Crippen LogP contribution is 2.61. The zero-order valence-electron chi connectivity index (χ0n) is 11.6. The summed E-state index contributed by atoms with van der Waals surface area (Å²) < 4.78 is 10.4. The number of carboxylic acid groups (broad SMARTS) is 1. The number of hydrogen-bond donors (Lipinski definition) is 2. The number of esters is 2. The number of aliphatic carboxylic acids is 1. The van der Waals surface area contributed by atoms with Gasteiger partial charge in [0.2, 0.25) is 11.5 Å². The molecule has 22 heavy (non-hydrogen) atoms. The molecule has 0 aromatic rings. The summed E-state index contributed by atoms with van der Waals surface area (Å²) >= 11 is 0. The van der Waals surface area contributed by atoms with E-state index in [0.717, 1.165) is 6.08 Å². The number of nitrogens with one attached hydrogen (secondary N) is 1. The normalized spacial score (nSPS) is 37.5. The maximum Gasteiger partial charge on any atom is 0.352 e. The zero-order chi connectivity index (χ0) is 16.1. The quantitative estimate of drug-likeness (QED) is 0.506. The van der Waals surface area contributed by atoms with Crippen LogP contribution in [-0.4, -0.2) is 47.2 Å². The minimum Gasteiger partial charge on any atom is -0.478 e. The fraction of sp³-hybridized carbons (Fsp3) is 0.571. The fourth-order valence-electron chi connectivity index (χ4n) is 3.92. The van der Waals surface area contributed by atoms with Crippen molar-refractivity contribution in [3.8, 4) is 0 Å². The van der Waals surface area contributed by atoms with E-state index in [1.54, 1.807) is 0 Å². The lowest BCUT2D eigenvalue weighted by Gasteiger charge is -2.33. The second-order valence-corrected chi connectivity index (χ2v) is 5.80. The van der Waals surface area contributed by atoms with Gasteiger partial charge in [-0.3, -0.25) is 14.4 Å². The van der Waals surface area contributed by atoms with Crippen LogP contribution in [-0.2, 0) is 28.7 Å². The SMILES string of the molecule is C=CC(=O)NCC(=O)OC1C2CC3C(=O)OC1(C(=O)O)C3C2. The van der Waals surface area contributed by atoms with Crippen molar-refractivity contribution in [2.45, 2.75) is 24.5 Å². The Bertz CT molecular complexity index is 586. The number of ether oxygens (including phenoxy) is 2. The third kappa shape index (κ3) is 1.83. The van der Waals surface area contributed by atoms with Crippen molar-refractivity contribution in [2.24, 2.45) is 17.8 Å². The Kier molecular flexibility index (Phi) is 3.19. The van der Waals surface area contributed by atoms with Crippen LogP contribution in [0.2, 0.25) is 0 Å². The van der Waals surface area contributed by atoms with Gasteiger partial charge in [0.15, 0.2) is 6.10 Å². The molecule has 0 radical (unpaired) electrons. The van der Waals surface area contributed by atoms with Crippen molar-refractivity contribution in [2.75, 3.05) is 6.54 Å². The third-order valence-corrected chi connectivity index (χ3v) is 4.76. The second kappa shape index (κ2) is 4.82. The molecule has 1 saturated heterocycles. The van der Waals surface area contributed by atoms with E-state index in [2.05, 4.69) is 11.9 Å². The molecule has 2 bridgehead atoms. The average molecular weight is 309 g/mol. The van der Waals surface area contributed by atoms with E-state index in [4.69, 9.17) is 9.47 Å². The molecule has 2 N–H and O–H groups in total. The standard InChI is InChI=1S/C14H15NO7/c1-2-9(16)15-5-10(17)21-11-6-3-7-8(4-6)14(11,13(19)20)22-12(7)18/h2,6-8,11H,1,3-5H2,(H,15,16)(H,19,20). The first-order chi connectivity index (χ1) is 10.4. The van der Waals surface area contributed by atoms with E-state index in [1.807, 2.05) is 0 Å². The molecule has 3 aliphatic rings. The molecule has 0 spiro atoms. The number of carbonyl (C=O) groups excluding carboxylic acids is 3. The van der Waals surface area contributed by atoms with Crippen molar-refractivity contribution in [1.82, 2.24) is 5.32 Å². The smallest absolute Gasteiger partial charge is 0.352 e. The molecule has 1 amide bonds. The van der Waals surface area contributed by atoms with Gasteiger partial charge in [0.1, 0.15) is 6.54 Å². The van der Waals surface area contributed by atoms with Crippen molar-refractivity contribution in [3.05, 3.63) is 12.7 Å². The summed E-state index contributed by atoms with van der Waals surface area (Å²) in [4.78, 5) is 46.3. The summed E-state index contributed by atoms with van der Waals surface area (Å²) in [5.41, 5.74) is -1.78. The first kappa shape index (κ1) is 14.6. The molecule has 5 atom stereocenters. The molecule has 8 nitrogen and oxygen atoms in total. The van der Waals surface area contributed by atoms with E-state index in [-0.39, 0.29) is 5.92 Å². The summed E-state index contributed by atoms with van der Waals surface area (Å²) in [6.07, 6.45) is 0.952. The molecule has 0 aromatic heterocycles. The lowest BCUT2D eigenvalue weighted by atomic mass is 9.78. The maximum absolute atomic E-state index is 11.8. The highest BCUT2D eigenvalue weighted by atomic mass is 16.6. The highest BCUT2D eigenvalue weighted by molar-refractivity contribution is 5.91. The monoisotopic (exact) mass is 309 g/mol. The Morgan fingerprint density at radius 2 is 2.18 bits per heavy atom. The van der Waals surface area contributed by atoms with E-state index in [0.29, 0.717) is 12.8 Å². The molecule has 5 unspecified atom stereocenters. The van der Waals surface area contributed by atoms with Gasteiger partial charge in [-0.05, 0) is 18.9 Å². The highest BCUT2D eigenvalue weighted by Gasteiger charge is 2.76. The maximum atomic E-state index is 11.8. The molecule has 118 valence electrons. The van der Waals surface area contributed by atoms with Gasteiger partial charge in [-0.25, -0.2) is 4.79 Å². The van der Waals surface area contributed by atoms with Crippen LogP contribution in [0, 0.1) is 17.8 Å². The Morgan fingerprint density at radius 3 is 2.82 bits per heavy atom. The molecule has 8 heteroatoms. The Morgan fingerprint density at radius 1 is 1.45 bits per heavy atom. The largest absolute Gasteiger partial charge is 0.478 e. The molecule has 2 saturated carbocycles. The van der Waals surface area contributed by atoms with Crippen LogP contribution in [0.5, 0.6) is 0 Å². The second-order valence-electron chi connectivity index (χ2n) is 5.80. The molecule has 3 rings (SSSR count). The van der Waals surface area contributed by atoms with Crippen LogP contribution in [0.3, 0.4) is 0 Å². The average Bonchev–Trinajstić information content (AvgIpc) is 3.08. The summed E-state index contributed by atoms with van der Waals surface area (Å²) in [5.74, 6) is -4.22. The van der Waals surface area contributed by atoms with Gasteiger partial charge in [-0.1, -0.05) is 6.58 Å². The Balaban J connectivity index is 1.75. The molecule has 2 aliphatic carbocycles. The number of hydrogen-bond acceptors (Lipinski definition) is 6. The van der Waals surface area contributed by atoms with E-state index < -0.39 is 53.9 Å². The van der Waals surface area contributed by atoms with Crippen LogP contribution in [0.1, 0.15) is 12.8 Å². The van der Waals surface area contributed by atoms with Crippen LogP contribution >= 0.6 is 0 Å². The zero-order valence-corrected chi connectivity index (χ0v) is 11.6. The van der Waals surface area contributed by atoms with Crippen molar-refractivity contribution >= 4 is 23.8 Å². The summed E-state index contributed by atoms with van der Waals surface area (Å²) in [6, 6.07) is 0. The molecule has 1 aliphatic heterocycles. The van der Waals surface area contributed by atoms with Gasteiger partial charge in [-0.15, -0.1) is 0 Å². The molecule has 0 aromatic carbocycles. The van der Waals surface area contributed by atoms with Crippen LogP contribution < -0.4 is 5.32 Å². The lowest BCUT2D eigenvalue weighted by Crippen LogP contribution is -2.55. The lowest BCUT2D eigenvalue weighted by molar-refractivity contribution is -0.192. The summed E-state index contributed by atoms with van der Waals surface area (Å²) in [5, 5.41) is 11.8. The molecular weight excluding hydrogens is 294 g/mol. The predicted molar refractivity (Wildman–Crippen MR) is 69.2 cm³/mol. The topological polar surface area (TPSA) is 119 Å². The van der Waals surface area contributed by atoms with Crippen molar-refractivity contribution in [3.63, 3.8) is 0 Å². The Labute approximate surface area is 125 Å². The number of fused-ring (bicyclic) bond motifs is 1. The van der Waals surface area contributed by atoms with E-state index in [1.165, 1.54) is 0 Å².